The number of methoxy groups -OCH3 is 1. The summed E-state index contributed by atoms with van der Waals surface area (Å²) in [7, 11) is 1.62. The average molecular weight is 332 g/mol. The van der Waals surface area contributed by atoms with E-state index in [4.69, 9.17) is 15.0 Å². The highest BCUT2D eigenvalue weighted by molar-refractivity contribution is 5.75. The first-order chi connectivity index (χ1) is 11.6. The highest BCUT2D eigenvalue weighted by Crippen LogP contribution is 2.20. The van der Waals surface area contributed by atoms with Crippen LogP contribution in [-0.2, 0) is 11.2 Å². The second kappa shape index (κ2) is 9.02. The number of nitrogens with one attached hydrogen (secondary N) is 1. The van der Waals surface area contributed by atoms with Gasteiger partial charge in [0.1, 0.15) is 5.75 Å². The van der Waals surface area contributed by atoms with Crippen molar-refractivity contribution in [1.82, 2.24) is 15.5 Å². The van der Waals surface area contributed by atoms with Gasteiger partial charge in [0.05, 0.1) is 7.11 Å². The third-order valence-corrected chi connectivity index (χ3v) is 3.53. The Morgan fingerprint density at radius 2 is 2.12 bits per heavy atom. The number of hydrogen-bond donors (Lipinski definition) is 2. The minimum absolute atomic E-state index is 0.0190. The lowest BCUT2D eigenvalue weighted by atomic mass is 10.2. The monoisotopic (exact) mass is 332 g/mol. The first-order valence-electron chi connectivity index (χ1n) is 8.07. The number of aryl methyl sites for hydroxylation is 1. The van der Waals surface area contributed by atoms with Gasteiger partial charge in [-0.25, -0.2) is 0 Å². The topological polar surface area (TPSA) is 103 Å². The molecule has 1 amide bonds. The lowest BCUT2D eigenvalue weighted by molar-refractivity contribution is -0.121. The van der Waals surface area contributed by atoms with Crippen LogP contribution in [0.5, 0.6) is 5.75 Å². The molecule has 0 aliphatic heterocycles. The van der Waals surface area contributed by atoms with E-state index in [-0.39, 0.29) is 11.9 Å². The van der Waals surface area contributed by atoms with Crippen LogP contribution in [0.15, 0.2) is 28.8 Å². The number of carbonyl (C=O) groups excluding carboxylic acids is 1. The zero-order chi connectivity index (χ0) is 17.4. The van der Waals surface area contributed by atoms with Gasteiger partial charge in [-0.2, -0.15) is 4.98 Å². The maximum atomic E-state index is 11.7. The highest BCUT2D eigenvalue weighted by Gasteiger charge is 2.10. The van der Waals surface area contributed by atoms with Crippen molar-refractivity contribution in [2.24, 2.45) is 5.73 Å². The molecule has 130 valence electrons. The van der Waals surface area contributed by atoms with Gasteiger partial charge < -0.3 is 20.3 Å². The Balaban J connectivity index is 1.76. The maximum absolute atomic E-state index is 11.7. The number of benzene rings is 1. The van der Waals surface area contributed by atoms with Gasteiger partial charge in [0.15, 0.2) is 0 Å². The predicted molar refractivity (Wildman–Crippen MR) is 90.5 cm³/mol. The van der Waals surface area contributed by atoms with Crippen LogP contribution in [-0.4, -0.2) is 35.7 Å². The molecular formula is C17H24N4O3. The Hall–Kier alpha value is -2.41. The fourth-order valence-corrected chi connectivity index (χ4v) is 2.14. The second-order valence-corrected chi connectivity index (χ2v) is 5.71. The van der Waals surface area contributed by atoms with E-state index in [0.717, 1.165) is 17.7 Å². The highest BCUT2D eigenvalue weighted by atomic mass is 16.5. The van der Waals surface area contributed by atoms with Crippen molar-refractivity contribution in [2.45, 2.75) is 38.6 Å². The third-order valence-electron chi connectivity index (χ3n) is 3.53. The largest absolute Gasteiger partial charge is 0.497 e. The molecule has 1 atom stereocenters. The maximum Gasteiger partial charge on any atom is 0.226 e. The summed E-state index contributed by atoms with van der Waals surface area (Å²) in [5.41, 5.74) is 6.50. The zero-order valence-corrected chi connectivity index (χ0v) is 14.1. The normalized spacial score (nSPS) is 12.0. The molecule has 0 saturated carbocycles. The number of hydrogen-bond acceptors (Lipinski definition) is 6. The van der Waals surface area contributed by atoms with Crippen LogP contribution >= 0.6 is 0 Å². The molecule has 0 aliphatic carbocycles. The van der Waals surface area contributed by atoms with E-state index in [1.165, 1.54) is 0 Å². The van der Waals surface area contributed by atoms with E-state index in [9.17, 15) is 4.79 Å². The van der Waals surface area contributed by atoms with Gasteiger partial charge in [0.2, 0.25) is 17.6 Å². The number of aromatic nitrogens is 2. The Labute approximate surface area is 141 Å². The first kappa shape index (κ1) is 17.9. The van der Waals surface area contributed by atoms with Crippen LogP contribution in [0.25, 0.3) is 11.4 Å². The Kier molecular flexibility index (Phi) is 6.74. The molecule has 24 heavy (non-hydrogen) atoms. The van der Waals surface area contributed by atoms with E-state index in [1.54, 1.807) is 7.11 Å². The Bertz CT molecular complexity index is 638. The summed E-state index contributed by atoms with van der Waals surface area (Å²) in [5.74, 6) is 1.86. The minimum Gasteiger partial charge on any atom is -0.497 e. The SMILES string of the molecule is COc1ccc(-c2noc(CCCC(=O)NCCC(C)N)n2)cc1. The molecule has 7 nitrogen and oxygen atoms in total. The molecular weight excluding hydrogens is 308 g/mol. The van der Waals surface area contributed by atoms with Crippen LogP contribution < -0.4 is 15.8 Å². The fourth-order valence-electron chi connectivity index (χ4n) is 2.14. The smallest absolute Gasteiger partial charge is 0.226 e. The number of carbonyl (C=O) groups is 1. The molecule has 0 aliphatic rings. The molecule has 1 heterocycles. The van der Waals surface area contributed by atoms with Crippen molar-refractivity contribution < 1.29 is 14.1 Å². The zero-order valence-electron chi connectivity index (χ0n) is 14.1. The predicted octanol–water partition coefficient (Wildman–Crippen LogP) is 1.92. The van der Waals surface area contributed by atoms with Gasteiger partial charge in [-0.3, -0.25) is 4.79 Å². The van der Waals surface area contributed by atoms with E-state index >= 15 is 0 Å². The van der Waals surface area contributed by atoms with Gasteiger partial charge >= 0.3 is 0 Å². The van der Waals surface area contributed by atoms with E-state index in [2.05, 4.69) is 15.5 Å². The lowest BCUT2D eigenvalue weighted by Crippen LogP contribution is -2.28. The van der Waals surface area contributed by atoms with Crippen molar-refractivity contribution in [1.29, 1.82) is 0 Å². The van der Waals surface area contributed by atoms with Crippen molar-refractivity contribution in [2.75, 3.05) is 13.7 Å². The van der Waals surface area contributed by atoms with E-state index in [0.29, 0.717) is 37.5 Å². The van der Waals surface area contributed by atoms with Gasteiger partial charge in [0, 0.05) is 31.0 Å². The van der Waals surface area contributed by atoms with Gasteiger partial charge in [0.25, 0.3) is 0 Å². The van der Waals surface area contributed by atoms with Crippen LogP contribution in [0.1, 0.15) is 32.1 Å². The quantitative estimate of drug-likeness (QED) is 0.727. The number of nitrogens with two attached hydrogens (primary N) is 1. The molecule has 3 N–H and O–H groups in total. The molecule has 2 rings (SSSR count). The van der Waals surface area contributed by atoms with Crippen LogP contribution in [0.4, 0.5) is 0 Å². The summed E-state index contributed by atoms with van der Waals surface area (Å²) >= 11 is 0. The summed E-state index contributed by atoms with van der Waals surface area (Å²) in [6, 6.07) is 7.54. The van der Waals surface area contributed by atoms with Crippen LogP contribution in [0.2, 0.25) is 0 Å². The molecule has 0 saturated heterocycles. The molecule has 2 aromatic rings. The standard InChI is InChI=1S/C17H24N4O3/c1-12(18)10-11-19-15(22)4-3-5-16-20-17(21-24-16)13-6-8-14(23-2)9-7-13/h6-9,12H,3-5,10-11,18H2,1-2H3,(H,19,22). The summed E-state index contributed by atoms with van der Waals surface area (Å²) in [6.07, 6.45) is 2.44. The summed E-state index contributed by atoms with van der Waals surface area (Å²) < 4.78 is 10.3. The van der Waals surface area contributed by atoms with Crippen molar-refractivity contribution in [3.8, 4) is 17.1 Å². The molecule has 1 unspecified atom stereocenters. The molecule has 0 spiro atoms. The number of rotatable bonds is 9. The number of ether oxygens (including phenoxy) is 1. The fraction of sp³-hybridized carbons (Fsp3) is 0.471. The molecule has 7 heteroatoms. The number of amides is 1. The van der Waals surface area contributed by atoms with Crippen molar-refractivity contribution >= 4 is 5.91 Å². The molecule has 0 fully saturated rings. The first-order valence-corrected chi connectivity index (χ1v) is 8.07. The van der Waals surface area contributed by atoms with E-state index < -0.39 is 0 Å². The Morgan fingerprint density at radius 1 is 1.38 bits per heavy atom. The lowest BCUT2D eigenvalue weighted by Gasteiger charge is -2.06. The van der Waals surface area contributed by atoms with Gasteiger partial charge in [-0.05, 0) is 44.0 Å². The summed E-state index contributed by atoms with van der Waals surface area (Å²) in [6.45, 7) is 2.53. The molecule has 0 radical (unpaired) electrons. The average Bonchev–Trinajstić information content (AvgIpc) is 3.03. The van der Waals surface area contributed by atoms with Gasteiger partial charge in [-0.1, -0.05) is 5.16 Å². The summed E-state index contributed by atoms with van der Waals surface area (Å²) in [4.78, 5) is 16.0. The molecule has 1 aromatic heterocycles. The second-order valence-electron chi connectivity index (χ2n) is 5.71. The van der Waals surface area contributed by atoms with Gasteiger partial charge in [-0.15, -0.1) is 0 Å². The molecule has 0 bridgehead atoms. The third kappa shape index (κ3) is 5.66. The minimum atomic E-state index is 0.0190. The number of nitrogens with zero attached hydrogens (tertiary/aromatic N) is 2. The van der Waals surface area contributed by atoms with E-state index in [1.807, 2.05) is 31.2 Å². The van der Waals surface area contributed by atoms with Crippen LogP contribution in [0.3, 0.4) is 0 Å². The van der Waals surface area contributed by atoms with Crippen molar-refractivity contribution in [3.05, 3.63) is 30.2 Å². The summed E-state index contributed by atoms with van der Waals surface area (Å²) in [5, 5.41) is 6.81. The van der Waals surface area contributed by atoms with Crippen LogP contribution in [0, 0.1) is 0 Å². The molecule has 1 aromatic carbocycles. The Morgan fingerprint density at radius 3 is 2.79 bits per heavy atom. The van der Waals surface area contributed by atoms with Crippen molar-refractivity contribution in [3.63, 3.8) is 0 Å².